The molecule has 0 fully saturated rings. The van der Waals surface area contributed by atoms with E-state index in [0.29, 0.717) is 16.4 Å². The van der Waals surface area contributed by atoms with Gasteiger partial charge in [-0.2, -0.15) is 0 Å². The number of anilines is 2. The van der Waals surface area contributed by atoms with Crippen molar-refractivity contribution < 1.29 is 4.79 Å². The SMILES string of the molecule is O=C(Nc1ccc(-c2cnc[nH]2)cc1)Nc1cccc(Cl)c1. The van der Waals surface area contributed by atoms with Gasteiger partial charge >= 0.3 is 6.03 Å². The maximum atomic E-state index is 11.9. The summed E-state index contributed by atoms with van der Waals surface area (Å²) in [5.41, 5.74) is 3.26. The second-order valence-corrected chi connectivity index (χ2v) is 5.07. The van der Waals surface area contributed by atoms with E-state index in [0.717, 1.165) is 11.3 Å². The van der Waals surface area contributed by atoms with Gasteiger partial charge in [-0.15, -0.1) is 0 Å². The largest absolute Gasteiger partial charge is 0.345 e. The summed E-state index contributed by atoms with van der Waals surface area (Å²) in [7, 11) is 0. The number of aromatic amines is 1. The highest BCUT2D eigenvalue weighted by atomic mass is 35.5. The minimum atomic E-state index is -0.323. The molecule has 0 saturated heterocycles. The standard InChI is InChI=1S/C16H13ClN4O/c17-12-2-1-3-14(8-12)21-16(22)20-13-6-4-11(5-7-13)15-9-18-10-19-15/h1-10H,(H,18,19)(H2,20,21,22). The number of carbonyl (C=O) groups excluding carboxylic acids is 1. The lowest BCUT2D eigenvalue weighted by Gasteiger charge is -2.08. The molecule has 0 spiro atoms. The van der Waals surface area contributed by atoms with E-state index in [1.807, 2.05) is 24.3 Å². The second-order valence-electron chi connectivity index (χ2n) is 4.63. The van der Waals surface area contributed by atoms with Crippen molar-refractivity contribution in [3.05, 3.63) is 66.1 Å². The number of benzene rings is 2. The average molecular weight is 313 g/mol. The third-order valence-corrected chi connectivity index (χ3v) is 3.27. The van der Waals surface area contributed by atoms with Crippen molar-refractivity contribution in [3.63, 3.8) is 0 Å². The maximum absolute atomic E-state index is 11.9. The van der Waals surface area contributed by atoms with E-state index in [4.69, 9.17) is 11.6 Å². The van der Waals surface area contributed by atoms with Crippen molar-refractivity contribution in [1.82, 2.24) is 9.97 Å². The molecule has 0 radical (unpaired) electrons. The Kier molecular flexibility index (Phi) is 4.07. The minimum absolute atomic E-state index is 0.323. The molecule has 3 rings (SSSR count). The molecule has 1 aromatic heterocycles. The van der Waals surface area contributed by atoms with Crippen LogP contribution in [0.1, 0.15) is 0 Å². The van der Waals surface area contributed by atoms with Gasteiger partial charge in [0.15, 0.2) is 0 Å². The van der Waals surface area contributed by atoms with Crippen LogP contribution in [-0.2, 0) is 0 Å². The van der Waals surface area contributed by atoms with E-state index in [-0.39, 0.29) is 6.03 Å². The first-order chi connectivity index (χ1) is 10.7. The molecule has 5 nitrogen and oxygen atoms in total. The number of carbonyl (C=O) groups is 1. The third kappa shape index (κ3) is 3.45. The van der Waals surface area contributed by atoms with Crippen LogP contribution in [0.3, 0.4) is 0 Å². The fraction of sp³-hybridized carbons (Fsp3) is 0. The monoisotopic (exact) mass is 312 g/mol. The van der Waals surface area contributed by atoms with Crippen LogP contribution in [0.4, 0.5) is 16.2 Å². The first kappa shape index (κ1) is 14.2. The van der Waals surface area contributed by atoms with Gasteiger partial charge in [-0.05, 0) is 35.9 Å². The number of hydrogen-bond donors (Lipinski definition) is 3. The topological polar surface area (TPSA) is 69.8 Å². The molecule has 0 atom stereocenters. The highest BCUT2D eigenvalue weighted by Gasteiger charge is 2.04. The van der Waals surface area contributed by atoms with Crippen LogP contribution >= 0.6 is 11.6 Å². The number of H-pyrrole nitrogens is 1. The van der Waals surface area contributed by atoms with Crippen molar-refractivity contribution in [2.75, 3.05) is 10.6 Å². The number of aromatic nitrogens is 2. The number of amides is 2. The van der Waals surface area contributed by atoms with Crippen LogP contribution in [0.5, 0.6) is 0 Å². The molecule has 0 aliphatic carbocycles. The van der Waals surface area contributed by atoms with Gasteiger partial charge in [-0.3, -0.25) is 0 Å². The maximum Gasteiger partial charge on any atom is 0.323 e. The van der Waals surface area contributed by atoms with Gasteiger partial charge in [0.05, 0.1) is 18.2 Å². The van der Waals surface area contributed by atoms with E-state index in [9.17, 15) is 4.79 Å². The number of nitrogens with one attached hydrogen (secondary N) is 3. The van der Waals surface area contributed by atoms with Gasteiger partial charge in [0, 0.05) is 16.4 Å². The predicted octanol–water partition coefficient (Wildman–Crippen LogP) is 4.37. The Morgan fingerprint density at radius 1 is 1.05 bits per heavy atom. The summed E-state index contributed by atoms with van der Waals surface area (Å²) in [6.07, 6.45) is 3.37. The van der Waals surface area contributed by atoms with E-state index in [1.165, 1.54) is 0 Å². The molecule has 6 heteroatoms. The molecule has 2 amide bonds. The summed E-state index contributed by atoms with van der Waals surface area (Å²) in [6, 6.07) is 14.1. The Morgan fingerprint density at radius 2 is 1.82 bits per heavy atom. The summed E-state index contributed by atoms with van der Waals surface area (Å²) in [4.78, 5) is 18.9. The normalized spacial score (nSPS) is 10.2. The molecular formula is C16H13ClN4O. The Balaban J connectivity index is 1.64. The fourth-order valence-corrected chi connectivity index (χ4v) is 2.20. The highest BCUT2D eigenvalue weighted by molar-refractivity contribution is 6.30. The molecule has 1 heterocycles. The molecule has 0 saturated carbocycles. The molecule has 3 aromatic rings. The van der Waals surface area contributed by atoms with Crippen molar-refractivity contribution in [1.29, 1.82) is 0 Å². The number of rotatable bonds is 3. The predicted molar refractivity (Wildman–Crippen MR) is 88.1 cm³/mol. The fourth-order valence-electron chi connectivity index (χ4n) is 2.01. The number of imidazole rings is 1. The van der Waals surface area contributed by atoms with Crippen LogP contribution in [-0.4, -0.2) is 16.0 Å². The zero-order valence-electron chi connectivity index (χ0n) is 11.5. The zero-order valence-corrected chi connectivity index (χ0v) is 12.3. The quantitative estimate of drug-likeness (QED) is 0.672. The van der Waals surface area contributed by atoms with Gasteiger partial charge in [-0.1, -0.05) is 29.8 Å². The molecule has 0 bridgehead atoms. The van der Waals surface area contributed by atoms with Gasteiger partial charge in [0.1, 0.15) is 0 Å². The number of urea groups is 1. The Hall–Kier alpha value is -2.79. The van der Waals surface area contributed by atoms with Crippen molar-refractivity contribution in [2.45, 2.75) is 0 Å². The first-order valence-electron chi connectivity index (χ1n) is 6.63. The van der Waals surface area contributed by atoms with E-state index >= 15 is 0 Å². The van der Waals surface area contributed by atoms with Crippen LogP contribution in [0.15, 0.2) is 61.1 Å². The van der Waals surface area contributed by atoms with Crippen molar-refractivity contribution >= 4 is 29.0 Å². The third-order valence-electron chi connectivity index (χ3n) is 3.03. The molecule has 0 unspecified atom stereocenters. The second kappa shape index (κ2) is 6.32. The summed E-state index contributed by atoms with van der Waals surface area (Å²) in [6.45, 7) is 0. The molecular weight excluding hydrogens is 300 g/mol. The van der Waals surface area contributed by atoms with Crippen molar-refractivity contribution in [2.24, 2.45) is 0 Å². The average Bonchev–Trinajstić information content (AvgIpc) is 3.02. The summed E-state index contributed by atoms with van der Waals surface area (Å²) >= 11 is 5.87. The highest BCUT2D eigenvalue weighted by Crippen LogP contribution is 2.19. The lowest BCUT2D eigenvalue weighted by molar-refractivity contribution is 0.262. The molecule has 0 aliphatic rings. The van der Waals surface area contributed by atoms with Gasteiger partial charge in [-0.25, -0.2) is 9.78 Å². The van der Waals surface area contributed by atoms with Crippen LogP contribution < -0.4 is 10.6 Å². The van der Waals surface area contributed by atoms with E-state index in [1.54, 1.807) is 36.8 Å². The summed E-state index contributed by atoms with van der Waals surface area (Å²) < 4.78 is 0. The number of halogens is 1. The van der Waals surface area contributed by atoms with E-state index in [2.05, 4.69) is 20.6 Å². The first-order valence-corrected chi connectivity index (χ1v) is 7.01. The van der Waals surface area contributed by atoms with Gasteiger partial charge < -0.3 is 15.6 Å². The lowest BCUT2D eigenvalue weighted by Crippen LogP contribution is -2.19. The Bertz CT molecular complexity index is 769. The van der Waals surface area contributed by atoms with Gasteiger partial charge in [0.25, 0.3) is 0 Å². The Labute approximate surface area is 132 Å². The summed E-state index contributed by atoms with van der Waals surface area (Å²) in [5.74, 6) is 0. The Morgan fingerprint density at radius 3 is 2.50 bits per heavy atom. The van der Waals surface area contributed by atoms with Gasteiger partial charge in [0.2, 0.25) is 0 Å². The smallest absolute Gasteiger partial charge is 0.323 e. The minimum Gasteiger partial charge on any atom is -0.345 e. The lowest BCUT2D eigenvalue weighted by atomic mass is 10.1. The zero-order chi connectivity index (χ0) is 15.4. The molecule has 3 N–H and O–H groups in total. The van der Waals surface area contributed by atoms with Crippen LogP contribution in [0.2, 0.25) is 5.02 Å². The number of hydrogen-bond acceptors (Lipinski definition) is 2. The summed E-state index contributed by atoms with van der Waals surface area (Å²) in [5, 5.41) is 6.06. The van der Waals surface area contributed by atoms with Crippen LogP contribution in [0, 0.1) is 0 Å². The number of nitrogens with zero attached hydrogens (tertiary/aromatic N) is 1. The van der Waals surface area contributed by atoms with E-state index < -0.39 is 0 Å². The van der Waals surface area contributed by atoms with Crippen molar-refractivity contribution in [3.8, 4) is 11.3 Å². The molecule has 22 heavy (non-hydrogen) atoms. The molecule has 0 aliphatic heterocycles. The van der Waals surface area contributed by atoms with Crippen LogP contribution in [0.25, 0.3) is 11.3 Å². The molecule has 110 valence electrons. The molecule has 2 aromatic carbocycles.